The molecule has 0 bridgehead atoms. The molecule has 1 unspecified atom stereocenters. The molecule has 0 spiro atoms. The number of ether oxygens (including phenoxy) is 1. The van der Waals surface area contributed by atoms with Crippen LogP contribution in [0.4, 0.5) is 4.39 Å². The zero-order chi connectivity index (χ0) is 13.0. The Balaban J connectivity index is 1.97. The molecule has 1 fully saturated rings. The van der Waals surface area contributed by atoms with E-state index in [2.05, 4.69) is 6.92 Å². The van der Waals surface area contributed by atoms with E-state index in [-0.39, 0.29) is 18.0 Å². The molecule has 1 atom stereocenters. The molecule has 2 nitrogen and oxygen atoms in total. The van der Waals surface area contributed by atoms with E-state index in [1.165, 1.54) is 25.0 Å². The van der Waals surface area contributed by atoms with E-state index >= 15 is 0 Å². The van der Waals surface area contributed by atoms with Crippen molar-refractivity contribution in [1.29, 1.82) is 0 Å². The summed E-state index contributed by atoms with van der Waals surface area (Å²) in [4.78, 5) is 0. The lowest BCUT2D eigenvalue weighted by Crippen LogP contribution is -2.26. The second-order valence-corrected chi connectivity index (χ2v) is 5.30. The van der Waals surface area contributed by atoms with Gasteiger partial charge in [0.25, 0.3) is 0 Å². The van der Waals surface area contributed by atoms with Crippen LogP contribution in [0.1, 0.15) is 44.3 Å². The Kier molecular flexibility index (Phi) is 4.72. The molecule has 18 heavy (non-hydrogen) atoms. The van der Waals surface area contributed by atoms with Crippen LogP contribution in [0, 0.1) is 11.7 Å². The van der Waals surface area contributed by atoms with Crippen LogP contribution in [0.3, 0.4) is 0 Å². The molecule has 0 aliphatic heterocycles. The molecule has 1 aliphatic carbocycles. The predicted octanol–water partition coefficient (Wildman–Crippen LogP) is 3.42. The smallest absolute Gasteiger partial charge is 0.123 e. The van der Waals surface area contributed by atoms with Crippen molar-refractivity contribution in [1.82, 2.24) is 0 Å². The van der Waals surface area contributed by atoms with Crippen molar-refractivity contribution >= 4 is 0 Å². The highest BCUT2D eigenvalue weighted by atomic mass is 19.1. The highest BCUT2D eigenvalue weighted by molar-refractivity contribution is 5.19. The maximum atomic E-state index is 13.2. The van der Waals surface area contributed by atoms with Gasteiger partial charge in [0.1, 0.15) is 5.82 Å². The first kappa shape index (κ1) is 13.5. The fourth-order valence-electron chi connectivity index (χ4n) is 2.57. The Morgan fingerprint density at radius 3 is 2.67 bits per heavy atom. The molecule has 1 saturated carbocycles. The summed E-state index contributed by atoms with van der Waals surface area (Å²) in [6, 6.07) is 6.55. The van der Waals surface area contributed by atoms with Gasteiger partial charge in [-0.3, -0.25) is 0 Å². The minimum absolute atomic E-state index is 0.181. The second-order valence-electron chi connectivity index (χ2n) is 5.30. The summed E-state index contributed by atoms with van der Waals surface area (Å²) in [7, 11) is 0. The highest BCUT2D eigenvalue weighted by Crippen LogP contribution is 2.29. The summed E-state index contributed by atoms with van der Waals surface area (Å²) in [6.07, 6.45) is 4.70. The minimum Gasteiger partial charge on any atom is -0.369 e. The lowest BCUT2D eigenvalue weighted by molar-refractivity contribution is -0.0328. The summed E-state index contributed by atoms with van der Waals surface area (Å²) in [6.45, 7) is 2.68. The maximum absolute atomic E-state index is 13.2. The molecule has 0 aromatic heterocycles. The van der Waals surface area contributed by atoms with Crippen LogP contribution in [0.15, 0.2) is 24.3 Å². The van der Waals surface area contributed by atoms with Gasteiger partial charge >= 0.3 is 0 Å². The summed E-state index contributed by atoms with van der Waals surface area (Å²) in [5.41, 5.74) is 6.60. The first-order valence-corrected chi connectivity index (χ1v) is 6.80. The van der Waals surface area contributed by atoms with Crippen LogP contribution in [0.25, 0.3) is 0 Å². The number of hydrogen-bond acceptors (Lipinski definition) is 2. The van der Waals surface area contributed by atoms with Gasteiger partial charge in [-0.05, 0) is 49.3 Å². The highest BCUT2D eigenvalue weighted by Gasteiger charge is 2.22. The van der Waals surface area contributed by atoms with Crippen molar-refractivity contribution < 1.29 is 9.13 Å². The first-order valence-electron chi connectivity index (χ1n) is 6.80. The van der Waals surface area contributed by atoms with Crippen LogP contribution in [0.5, 0.6) is 0 Å². The quantitative estimate of drug-likeness (QED) is 0.890. The van der Waals surface area contributed by atoms with Crippen molar-refractivity contribution in [3.63, 3.8) is 0 Å². The zero-order valence-corrected chi connectivity index (χ0v) is 10.9. The summed E-state index contributed by atoms with van der Waals surface area (Å²) >= 11 is 0. The Bertz CT molecular complexity index is 375. The molecular weight excluding hydrogens is 229 g/mol. The summed E-state index contributed by atoms with van der Waals surface area (Å²) in [5, 5.41) is 0. The van der Waals surface area contributed by atoms with E-state index in [4.69, 9.17) is 10.5 Å². The van der Waals surface area contributed by atoms with Crippen LogP contribution < -0.4 is 5.73 Å². The molecule has 0 heterocycles. The first-order chi connectivity index (χ1) is 8.69. The predicted molar refractivity (Wildman–Crippen MR) is 70.7 cm³/mol. The zero-order valence-electron chi connectivity index (χ0n) is 10.9. The molecule has 1 aromatic rings. The van der Waals surface area contributed by atoms with Gasteiger partial charge < -0.3 is 10.5 Å². The molecule has 100 valence electrons. The third-order valence-electron chi connectivity index (χ3n) is 3.75. The second kappa shape index (κ2) is 6.30. The number of rotatable bonds is 4. The van der Waals surface area contributed by atoms with Gasteiger partial charge in [0.2, 0.25) is 0 Å². The molecule has 0 amide bonds. The molecule has 1 aliphatic rings. The summed E-state index contributed by atoms with van der Waals surface area (Å²) < 4.78 is 19.2. The van der Waals surface area contributed by atoms with Crippen LogP contribution in [-0.2, 0) is 4.74 Å². The number of halogens is 1. The van der Waals surface area contributed by atoms with Gasteiger partial charge in [0, 0.05) is 6.54 Å². The van der Waals surface area contributed by atoms with Crippen LogP contribution in [-0.4, -0.2) is 12.6 Å². The van der Waals surface area contributed by atoms with E-state index in [0.29, 0.717) is 6.54 Å². The molecule has 2 N–H and O–H groups in total. The van der Waals surface area contributed by atoms with Gasteiger partial charge in [0.05, 0.1) is 12.2 Å². The third-order valence-corrected chi connectivity index (χ3v) is 3.75. The normalized spacial score (nSPS) is 25.9. The van der Waals surface area contributed by atoms with Crippen molar-refractivity contribution in [2.45, 2.75) is 44.8 Å². The Labute approximate surface area is 108 Å². The average Bonchev–Trinajstić information content (AvgIpc) is 2.38. The molecule has 0 radical (unpaired) electrons. The van der Waals surface area contributed by atoms with Crippen LogP contribution >= 0.6 is 0 Å². The Morgan fingerprint density at radius 2 is 2.06 bits per heavy atom. The van der Waals surface area contributed by atoms with Gasteiger partial charge in [0.15, 0.2) is 0 Å². The topological polar surface area (TPSA) is 35.2 Å². The largest absolute Gasteiger partial charge is 0.369 e. The molecule has 3 heteroatoms. The maximum Gasteiger partial charge on any atom is 0.123 e. The number of nitrogens with two attached hydrogens (primary N) is 1. The van der Waals surface area contributed by atoms with Crippen LogP contribution in [0.2, 0.25) is 0 Å². The molecular formula is C15H22FNO. The van der Waals surface area contributed by atoms with Gasteiger partial charge in [-0.25, -0.2) is 4.39 Å². The number of hydrogen-bond donors (Lipinski definition) is 1. The third kappa shape index (κ3) is 3.53. The molecule has 0 saturated heterocycles. The molecule has 2 rings (SSSR count). The number of benzene rings is 1. The van der Waals surface area contributed by atoms with E-state index in [0.717, 1.165) is 24.3 Å². The SMILES string of the molecule is CC1CCC(OC(CN)c2cccc(F)c2)CC1. The lowest BCUT2D eigenvalue weighted by Gasteiger charge is -2.30. The van der Waals surface area contributed by atoms with E-state index in [1.807, 2.05) is 6.07 Å². The lowest BCUT2D eigenvalue weighted by atomic mass is 9.89. The van der Waals surface area contributed by atoms with Crippen molar-refractivity contribution in [3.05, 3.63) is 35.6 Å². The Morgan fingerprint density at radius 1 is 1.33 bits per heavy atom. The van der Waals surface area contributed by atoms with E-state index in [9.17, 15) is 4.39 Å². The monoisotopic (exact) mass is 251 g/mol. The molecule has 1 aromatic carbocycles. The fraction of sp³-hybridized carbons (Fsp3) is 0.600. The van der Waals surface area contributed by atoms with Gasteiger partial charge in [-0.15, -0.1) is 0 Å². The average molecular weight is 251 g/mol. The minimum atomic E-state index is -0.230. The van der Waals surface area contributed by atoms with Gasteiger partial charge in [-0.1, -0.05) is 19.1 Å². The standard InChI is InChI=1S/C15H22FNO/c1-11-5-7-14(8-6-11)18-15(10-17)12-3-2-4-13(16)9-12/h2-4,9,11,14-15H,5-8,10,17H2,1H3. The fourth-order valence-corrected chi connectivity index (χ4v) is 2.57. The van der Waals surface area contributed by atoms with Gasteiger partial charge in [-0.2, -0.15) is 0 Å². The Hall–Kier alpha value is -0.930. The van der Waals surface area contributed by atoms with E-state index < -0.39 is 0 Å². The van der Waals surface area contributed by atoms with Crippen molar-refractivity contribution in [2.75, 3.05) is 6.54 Å². The summed E-state index contributed by atoms with van der Waals surface area (Å²) in [5.74, 6) is 0.571. The van der Waals surface area contributed by atoms with Crippen molar-refractivity contribution in [3.8, 4) is 0 Å². The van der Waals surface area contributed by atoms with Crippen molar-refractivity contribution in [2.24, 2.45) is 11.7 Å². The van der Waals surface area contributed by atoms with E-state index in [1.54, 1.807) is 6.07 Å².